The molecule has 4 aromatic carbocycles. The van der Waals surface area contributed by atoms with Gasteiger partial charge in [-0.3, -0.25) is 4.79 Å². The average Bonchev–Trinajstić information content (AvgIpc) is 2.88. The van der Waals surface area contributed by atoms with Crippen LogP contribution in [-0.2, 0) is 10.2 Å². The molecule has 1 N–H and O–H groups in total. The van der Waals surface area contributed by atoms with E-state index in [0.29, 0.717) is 5.75 Å². The first kappa shape index (κ1) is 22.3. The average molecular weight is 436 g/mol. The summed E-state index contributed by atoms with van der Waals surface area (Å²) in [7, 11) is 0. The highest BCUT2D eigenvalue weighted by Gasteiger charge is 2.23. The Hall–Kier alpha value is -3.85. The lowest BCUT2D eigenvalue weighted by Gasteiger charge is -2.26. The summed E-state index contributed by atoms with van der Waals surface area (Å²) in [6, 6.07) is 38.1. The molecule has 0 unspecified atom stereocenters. The third-order valence-electron chi connectivity index (χ3n) is 6.01. The lowest BCUT2D eigenvalue weighted by atomic mass is 9.78. The summed E-state index contributed by atoms with van der Waals surface area (Å²) in [5.41, 5.74) is 4.40. The summed E-state index contributed by atoms with van der Waals surface area (Å²) in [6.07, 6.45) is 0. The molecule has 0 spiro atoms. The van der Waals surface area contributed by atoms with Crippen molar-refractivity contribution in [3.8, 4) is 5.75 Å². The van der Waals surface area contributed by atoms with E-state index in [4.69, 9.17) is 4.74 Å². The van der Waals surface area contributed by atoms with Crippen LogP contribution in [-0.4, -0.2) is 12.5 Å². The maximum atomic E-state index is 12.7. The quantitative estimate of drug-likeness (QED) is 0.353. The van der Waals surface area contributed by atoms with Crippen LogP contribution in [0.1, 0.15) is 42.1 Å². The summed E-state index contributed by atoms with van der Waals surface area (Å²) in [4.78, 5) is 12.7. The van der Waals surface area contributed by atoms with Gasteiger partial charge in [0.25, 0.3) is 5.91 Å². The van der Waals surface area contributed by atoms with Gasteiger partial charge in [-0.25, -0.2) is 0 Å². The van der Waals surface area contributed by atoms with Crippen molar-refractivity contribution in [3.63, 3.8) is 0 Å². The smallest absolute Gasteiger partial charge is 0.258 e. The molecule has 0 bridgehead atoms. The first-order valence-electron chi connectivity index (χ1n) is 11.2. The number of ether oxygens (including phenoxy) is 1. The van der Waals surface area contributed by atoms with E-state index >= 15 is 0 Å². The number of rotatable bonds is 8. The second-order valence-electron chi connectivity index (χ2n) is 8.63. The molecule has 0 atom stereocenters. The normalized spacial score (nSPS) is 11.2. The maximum Gasteiger partial charge on any atom is 0.258 e. The molecule has 4 aromatic rings. The Morgan fingerprint density at radius 2 is 1.15 bits per heavy atom. The van der Waals surface area contributed by atoms with Crippen LogP contribution in [0.4, 0.5) is 0 Å². The molecule has 0 aliphatic rings. The minimum absolute atomic E-state index is 0.0441. The van der Waals surface area contributed by atoms with Crippen molar-refractivity contribution in [2.45, 2.75) is 25.3 Å². The Balaban J connectivity index is 1.41. The molecule has 0 saturated heterocycles. The molecule has 0 aliphatic heterocycles. The highest BCUT2D eigenvalue weighted by atomic mass is 16.5. The molecular weight excluding hydrogens is 406 g/mol. The fraction of sp³-hybridized carbons (Fsp3) is 0.167. The number of amides is 1. The van der Waals surface area contributed by atoms with Crippen molar-refractivity contribution in [3.05, 3.63) is 138 Å². The van der Waals surface area contributed by atoms with Crippen LogP contribution in [0.3, 0.4) is 0 Å². The number of carbonyl (C=O) groups excluding carboxylic acids is 1. The van der Waals surface area contributed by atoms with E-state index < -0.39 is 0 Å². The highest BCUT2D eigenvalue weighted by Crippen LogP contribution is 2.32. The predicted molar refractivity (Wildman–Crippen MR) is 133 cm³/mol. The van der Waals surface area contributed by atoms with Crippen molar-refractivity contribution in [1.29, 1.82) is 0 Å². The van der Waals surface area contributed by atoms with E-state index in [1.807, 2.05) is 78.9 Å². The molecule has 1 amide bonds. The molecule has 0 aromatic heterocycles. The van der Waals surface area contributed by atoms with Gasteiger partial charge in [0, 0.05) is 5.41 Å². The summed E-state index contributed by atoms with van der Waals surface area (Å²) in [5, 5.41) is 3.11. The van der Waals surface area contributed by atoms with Gasteiger partial charge in [-0.2, -0.15) is 0 Å². The fourth-order valence-electron chi connectivity index (χ4n) is 3.99. The molecule has 0 aliphatic carbocycles. The molecule has 166 valence electrons. The molecule has 0 heterocycles. The van der Waals surface area contributed by atoms with E-state index in [1.54, 1.807) is 0 Å². The number of carbonyl (C=O) groups is 1. The number of hydrogen-bond donors (Lipinski definition) is 1. The zero-order chi connectivity index (χ0) is 23.1. The van der Waals surface area contributed by atoms with Gasteiger partial charge in [0.15, 0.2) is 6.61 Å². The van der Waals surface area contributed by atoms with Crippen LogP contribution in [0.15, 0.2) is 115 Å². The largest absolute Gasteiger partial charge is 0.484 e. The Kier molecular flexibility index (Phi) is 6.89. The Labute approximate surface area is 196 Å². The summed E-state index contributed by atoms with van der Waals surface area (Å²) in [5.74, 6) is 0.509. The summed E-state index contributed by atoms with van der Waals surface area (Å²) >= 11 is 0. The van der Waals surface area contributed by atoms with Crippen molar-refractivity contribution in [2.24, 2.45) is 0 Å². The van der Waals surface area contributed by atoms with Crippen LogP contribution >= 0.6 is 0 Å². The second kappa shape index (κ2) is 10.2. The van der Waals surface area contributed by atoms with Gasteiger partial charge in [0.1, 0.15) is 5.75 Å². The molecule has 0 saturated carbocycles. The Morgan fingerprint density at radius 3 is 1.67 bits per heavy atom. The first-order valence-corrected chi connectivity index (χ1v) is 11.2. The minimum atomic E-state index is -0.224. The van der Waals surface area contributed by atoms with Crippen LogP contribution in [0.5, 0.6) is 5.75 Å². The molecule has 0 fully saturated rings. The van der Waals surface area contributed by atoms with Gasteiger partial charge in [0.2, 0.25) is 0 Å². The predicted octanol–water partition coefficient (Wildman–Crippen LogP) is 6.30. The fourth-order valence-corrected chi connectivity index (χ4v) is 3.99. The Morgan fingerprint density at radius 1 is 0.697 bits per heavy atom. The minimum Gasteiger partial charge on any atom is -0.484 e. The molecular formula is C30H29NO2. The molecule has 33 heavy (non-hydrogen) atoms. The second-order valence-corrected chi connectivity index (χ2v) is 8.63. The van der Waals surface area contributed by atoms with Crippen LogP contribution in [0.25, 0.3) is 0 Å². The van der Waals surface area contributed by atoms with Crippen molar-refractivity contribution >= 4 is 5.91 Å². The highest BCUT2D eigenvalue weighted by molar-refractivity contribution is 5.78. The van der Waals surface area contributed by atoms with E-state index in [-0.39, 0.29) is 24.0 Å². The van der Waals surface area contributed by atoms with E-state index in [0.717, 1.165) is 11.1 Å². The lowest BCUT2D eigenvalue weighted by Crippen LogP contribution is -2.33. The monoisotopic (exact) mass is 435 g/mol. The topological polar surface area (TPSA) is 38.3 Å². The van der Waals surface area contributed by atoms with E-state index in [9.17, 15) is 4.79 Å². The van der Waals surface area contributed by atoms with Gasteiger partial charge in [-0.1, -0.05) is 117 Å². The van der Waals surface area contributed by atoms with Gasteiger partial charge >= 0.3 is 0 Å². The zero-order valence-corrected chi connectivity index (χ0v) is 19.1. The van der Waals surface area contributed by atoms with Gasteiger partial charge in [-0.15, -0.1) is 0 Å². The van der Waals surface area contributed by atoms with E-state index in [1.165, 1.54) is 11.1 Å². The third-order valence-corrected chi connectivity index (χ3v) is 6.01. The van der Waals surface area contributed by atoms with Crippen LogP contribution < -0.4 is 10.1 Å². The first-order chi connectivity index (χ1) is 16.0. The number of benzene rings is 4. The van der Waals surface area contributed by atoms with Crippen molar-refractivity contribution in [2.75, 3.05) is 6.61 Å². The van der Waals surface area contributed by atoms with Crippen LogP contribution in [0, 0.1) is 0 Å². The summed E-state index contributed by atoms with van der Waals surface area (Å²) < 4.78 is 5.80. The van der Waals surface area contributed by atoms with Crippen molar-refractivity contribution < 1.29 is 9.53 Å². The van der Waals surface area contributed by atoms with Crippen LogP contribution in [0.2, 0.25) is 0 Å². The van der Waals surface area contributed by atoms with Gasteiger partial charge < -0.3 is 10.1 Å². The molecule has 0 radical (unpaired) electrons. The number of hydrogen-bond acceptors (Lipinski definition) is 2. The van der Waals surface area contributed by atoms with Gasteiger partial charge in [-0.05, 0) is 34.4 Å². The molecule has 3 heteroatoms. The third kappa shape index (κ3) is 5.50. The Bertz CT molecular complexity index is 1110. The standard InChI is InChI=1S/C30H29NO2/c1-30(2,25-16-10-5-11-17-25)26-18-20-27(21-19-26)33-22-28(32)31-29(23-12-6-3-7-13-23)24-14-8-4-9-15-24/h3-21,29H,22H2,1-2H3,(H,31,32). The van der Waals surface area contributed by atoms with E-state index in [2.05, 4.69) is 55.6 Å². The SMILES string of the molecule is CC(C)(c1ccccc1)c1ccc(OCC(=O)NC(c2ccccc2)c2ccccc2)cc1. The summed E-state index contributed by atoms with van der Waals surface area (Å²) in [6.45, 7) is 4.37. The molecule has 3 nitrogen and oxygen atoms in total. The number of nitrogens with one attached hydrogen (secondary N) is 1. The maximum absolute atomic E-state index is 12.7. The lowest BCUT2D eigenvalue weighted by molar-refractivity contribution is -0.123. The van der Waals surface area contributed by atoms with Crippen molar-refractivity contribution in [1.82, 2.24) is 5.32 Å². The zero-order valence-electron chi connectivity index (χ0n) is 19.1. The molecule has 4 rings (SSSR count). The van der Waals surface area contributed by atoms with Gasteiger partial charge in [0.05, 0.1) is 6.04 Å².